The Morgan fingerprint density at radius 3 is 2.60 bits per heavy atom. The third-order valence-electron chi connectivity index (χ3n) is 3.13. The van der Waals surface area contributed by atoms with E-state index in [0.717, 1.165) is 0 Å². The molecule has 2 rings (SSSR count). The first-order valence-electron chi connectivity index (χ1n) is 6.29. The van der Waals surface area contributed by atoms with Gasteiger partial charge in [0.15, 0.2) is 0 Å². The van der Waals surface area contributed by atoms with E-state index in [1.54, 1.807) is 44.2 Å². The summed E-state index contributed by atoms with van der Waals surface area (Å²) < 4.78 is 10.2. The summed E-state index contributed by atoms with van der Waals surface area (Å²) in [6.45, 7) is 3.44. The van der Waals surface area contributed by atoms with Gasteiger partial charge in [-0.3, -0.25) is 10.1 Å². The zero-order chi connectivity index (χ0) is 14.7. The average Bonchev–Trinajstić information content (AvgIpc) is 2.78. The van der Waals surface area contributed by atoms with Gasteiger partial charge in [0.2, 0.25) is 0 Å². The maximum Gasteiger partial charge on any atom is 0.364 e. The molecule has 0 saturated carbocycles. The molecular weight excluding hydrogens is 262 g/mol. The number of allylic oxidation sites excluding steroid dienone is 1. The Bertz CT molecular complexity index is 552. The van der Waals surface area contributed by atoms with Crippen LogP contribution in [-0.4, -0.2) is 23.7 Å². The molecule has 0 N–H and O–H groups in total. The van der Waals surface area contributed by atoms with Crippen molar-refractivity contribution in [1.82, 2.24) is 0 Å². The Labute approximate surface area is 116 Å². The molecule has 20 heavy (non-hydrogen) atoms. The molecule has 0 aromatic heterocycles. The molecule has 0 unspecified atom stereocenters. The summed E-state index contributed by atoms with van der Waals surface area (Å²) in [5.41, 5.74) is 0.883. The molecule has 6 heteroatoms. The lowest BCUT2D eigenvalue weighted by molar-refractivity contribution is -0.570. The van der Waals surface area contributed by atoms with Crippen molar-refractivity contribution >= 4 is 5.97 Å². The lowest BCUT2D eigenvalue weighted by atomic mass is 9.90. The van der Waals surface area contributed by atoms with Crippen molar-refractivity contribution in [3.8, 4) is 0 Å². The second-order valence-corrected chi connectivity index (χ2v) is 4.37. The van der Waals surface area contributed by atoms with Crippen LogP contribution in [-0.2, 0) is 14.3 Å². The highest BCUT2D eigenvalue weighted by atomic mass is 16.7. The lowest BCUT2D eigenvalue weighted by Crippen LogP contribution is -2.28. The number of rotatable bonds is 4. The highest BCUT2D eigenvalue weighted by Crippen LogP contribution is 2.39. The van der Waals surface area contributed by atoms with E-state index in [2.05, 4.69) is 0 Å². The smallest absolute Gasteiger partial charge is 0.364 e. The van der Waals surface area contributed by atoms with Crippen LogP contribution in [0.2, 0.25) is 0 Å². The van der Waals surface area contributed by atoms with Crippen LogP contribution in [0.25, 0.3) is 0 Å². The van der Waals surface area contributed by atoms with Crippen LogP contribution >= 0.6 is 0 Å². The molecule has 0 amide bonds. The number of nitrogens with zero attached hydrogens (tertiary/aromatic N) is 1. The van der Waals surface area contributed by atoms with Gasteiger partial charge in [-0.25, -0.2) is 4.79 Å². The average molecular weight is 277 g/mol. The summed E-state index contributed by atoms with van der Waals surface area (Å²) in [6.07, 6.45) is -1.29. The van der Waals surface area contributed by atoms with Crippen molar-refractivity contribution in [3.63, 3.8) is 0 Å². The molecule has 2 atom stereocenters. The number of nitro groups is 1. The highest BCUT2D eigenvalue weighted by Gasteiger charge is 2.47. The molecule has 0 spiro atoms. The predicted molar refractivity (Wildman–Crippen MR) is 70.4 cm³/mol. The molecule has 1 aromatic rings. The van der Waals surface area contributed by atoms with Crippen LogP contribution < -0.4 is 0 Å². The predicted octanol–water partition coefficient (Wildman–Crippen LogP) is 2.24. The second-order valence-electron chi connectivity index (χ2n) is 4.37. The molecule has 1 heterocycles. The number of esters is 1. The Morgan fingerprint density at radius 1 is 1.40 bits per heavy atom. The van der Waals surface area contributed by atoms with E-state index in [9.17, 15) is 14.9 Å². The van der Waals surface area contributed by atoms with Gasteiger partial charge in [-0.05, 0) is 19.4 Å². The molecule has 1 aliphatic rings. The fourth-order valence-corrected chi connectivity index (χ4v) is 2.31. The summed E-state index contributed by atoms with van der Waals surface area (Å²) >= 11 is 0. The molecule has 0 bridgehead atoms. The maximum absolute atomic E-state index is 12.0. The largest absolute Gasteiger partial charge is 0.463 e. The Morgan fingerprint density at radius 2 is 2.05 bits per heavy atom. The van der Waals surface area contributed by atoms with Gasteiger partial charge in [-0.15, -0.1) is 0 Å². The molecule has 0 radical (unpaired) electrons. The monoisotopic (exact) mass is 277 g/mol. The number of carbonyl (C=O) groups is 1. The third-order valence-corrected chi connectivity index (χ3v) is 3.13. The van der Waals surface area contributed by atoms with Gasteiger partial charge in [0, 0.05) is 0 Å². The fraction of sp³-hybridized carbons (Fsp3) is 0.357. The topological polar surface area (TPSA) is 78.7 Å². The van der Waals surface area contributed by atoms with E-state index in [1.807, 2.05) is 0 Å². The second kappa shape index (κ2) is 5.73. The van der Waals surface area contributed by atoms with Crippen LogP contribution in [0.4, 0.5) is 0 Å². The first kappa shape index (κ1) is 14.0. The molecule has 6 nitrogen and oxygen atoms in total. The van der Waals surface area contributed by atoms with E-state index >= 15 is 0 Å². The number of benzene rings is 1. The van der Waals surface area contributed by atoms with Crippen LogP contribution in [0, 0.1) is 10.1 Å². The minimum atomic E-state index is -1.29. The minimum absolute atomic E-state index is 0.209. The normalized spacial score (nSPS) is 21.5. The van der Waals surface area contributed by atoms with Gasteiger partial charge in [0.05, 0.1) is 17.1 Å². The third kappa shape index (κ3) is 2.49. The van der Waals surface area contributed by atoms with Crippen molar-refractivity contribution in [3.05, 3.63) is 57.3 Å². The van der Waals surface area contributed by atoms with Crippen molar-refractivity contribution in [2.75, 3.05) is 6.61 Å². The quantitative estimate of drug-likeness (QED) is 0.479. The minimum Gasteiger partial charge on any atom is -0.463 e. The van der Waals surface area contributed by atoms with E-state index in [0.29, 0.717) is 5.56 Å². The van der Waals surface area contributed by atoms with Gasteiger partial charge in [-0.1, -0.05) is 30.3 Å². The van der Waals surface area contributed by atoms with E-state index in [1.165, 1.54) is 0 Å². The van der Waals surface area contributed by atoms with Crippen molar-refractivity contribution in [1.29, 1.82) is 0 Å². The maximum atomic E-state index is 12.0. The van der Waals surface area contributed by atoms with Crippen LogP contribution in [0.1, 0.15) is 25.3 Å². The fourth-order valence-electron chi connectivity index (χ4n) is 2.31. The summed E-state index contributed by atoms with van der Waals surface area (Å²) in [6, 6.07) is 8.82. The molecule has 1 aliphatic heterocycles. The summed E-state index contributed by atoms with van der Waals surface area (Å²) in [4.78, 5) is 22.7. The number of carbonyl (C=O) groups excluding carboxylic acids is 1. The first-order valence-corrected chi connectivity index (χ1v) is 6.29. The van der Waals surface area contributed by atoms with Crippen LogP contribution in [0.5, 0.6) is 0 Å². The molecule has 106 valence electrons. The molecule has 0 aliphatic carbocycles. The van der Waals surface area contributed by atoms with E-state index < -0.39 is 23.0 Å². The van der Waals surface area contributed by atoms with Crippen LogP contribution in [0.3, 0.4) is 0 Å². The summed E-state index contributed by atoms with van der Waals surface area (Å²) in [7, 11) is 0. The Kier molecular flexibility index (Phi) is 4.02. The number of ether oxygens (including phenoxy) is 2. The molecular formula is C14H15NO5. The Balaban J connectivity index is 2.44. The van der Waals surface area contributed by atoms with Gasteiger partial charge in [0.25, 0.3) is 0 Å². The molecule has 0 fully saturated rings. The molecule has 1 aromatic carbocycles. The number of hydrogen-bond donors (Lipinski definition) is 0. The van der Waals surface area contributed by atoms with Crippen LogP contribution in [0.15, 0.2) is 41.7 Å². The summed E-state index contributed by atoms with van der Waals surface area (Å²) in [5, 5.41) is 11.2. The zero-order valence-corrected chi connectivity index (χ0v) is 11.2. The van der Waals surface area contributed by atoms with Crippen molar-refractivity contribution in [2.45, 2.75) is 26.0 Å². The standard InChI is InChI=1S/C14H15NO5/c1-3-19-14(16)11-9(2)20-13(15(17)18)12(11)10-7-5-4-6-8-10/h4-8,12-13H,3H2,1-2H3/t12-,13-/m1/s1. The highest BCUT2D eigenvalue weighted by molar-refractivity contribution is 5.91. The van der Waals surface area contributed by atoms with E-state index in [-0.39, 0.29) is 17.9 Å². The van der Waals surface area contributed by atoms with Crippen molar-refractivity contribution < 1.29 is 19.2 Å². The van der Waals surface area contributed by atoms with Gasteiger partial charge >= 0.3 is 12.2 Å². The zero-order valence-electron chi connectivity index (χ0n) is 11.2. The lowest BCUT2D eigenvalue weighted by Gasteiger charge is -2.14. The van der Waals surface area contributed by atoms with Crippen molar-refractivity contribution in [2.24, 2.45) is 0 Å². The van der Waals surface area contributed by atoms with E-state index in [4.69, 9.17) is 9.47 Å². The number of hydrogen-bond acceptors (Lipinski definition) is 5. The van der Waals surface area contributed by atoms with Gasteiger partial charge < -0.3 is 9.47 Å². The Hall–Kier alpha value is -2.37. The first-order chi connectivity index (χ1) is 9.56. The van der Waals surface area contributed by atoms with Gasteiger partial charge in [-0.2, -0.15) is 0 Å². The molecule has 0 saturated heterocycles. The SMILES string of the molecule is CCOC(=O)C1=C(C)O[C@@H]([N+](=O)[O-])[C@@H]1c1ccccc1. The summed E-state index contributed by atoms with van der Waals surface area (Å²) in [5.74, 6) is -1.06. The van der Waals surface area contributed by atoms with Gasteiger partial charge in [0.1, 0.15) is 11.7 Å².